The van der Waals surface area contributed by atoms with Crippen LogP contribution in [0.2, 0.25) is 0 Å². The predicted molar refractivity (Wildman–Crippen MR) is 255 cm³/mol. The molecule has 0 aliphatic rings. The molecule has 3 N–H and O–H groups in total. The third-order valence-electron chi connectivity index (χ3n) is 11.4. The first kappa shape index (κ1) is 56.8. The van der Waals surface area contributed by atoms with Gasteiger partial charge < -0.3 is 20.3 Å². The average Bonchev–Trinajstić information content (AvgIpc) is 3.23. The number of nitrogens with one attached hydrogen (secondary N) is 1. The molecule has 0 fully saturated rings. The number of allylic oxidation sites excluding steroid dienone is 8. The van der Waals surface area contributed by atoms with Crippen molar-refractivity contribution in [3.63, 3.8) is 0 Å². The lowest BCUT2D eigenvalue weighted by Gasteiger charge is -2.24. The second-order valence-corrected chi connectivity index (χ2v) is 17.2. The Bertz CT molecular complexity index is 1020. The minimum atomic E-state index is -0.794. The topological polar surface area (TPSA) is 95.9 Å². The molecule has 0 radical (unpaired) electrons. The summed E-state index contributed by atoms with van der Waals surface area (Å²) in [7, 11) is 0. The summed E-state index contributed by atoms with van der Waals surface area (Å²) >= 11 is 0. The number of unbranched alkanes of at least 4 members (excludes halogenated alkanes) is 25. The van der Waals surface area contributed by atoms with Crippen LogP contribution in [0.4, 0.5) is 0 Å². The van der Waals surface area contributed by atoms with E-state index in [4.69, 9.17) is 4.74 Å². The van der Waals surface area contributed by atoms with Crippen LogP contribution >= 0.6 is 0 Å². The molecule has 6 nitrogen and oxygen atoms in total. The number of esters is 1. The lowest BCUT2D eigenvalue weighted by Crippen LogP contribution is -2.46. The highest BCUT2D eigenvalue weighted by molar-refractivity contribution is 5.77. The monoisotopic (exact) mass is 828 g/mol. The predicted octanol–water partition coefficient (Wildman–Crippen LogP) is 15.1. The lowest BCUT2D eigenvalue weighted by atomic mass is 10.0. The van der Waals surface area contributed by atoms with Gasteiger partial charge in [-0.05, 0) is 83.5 Å². The van der Waals surface area contributed by atoms with Gasteiger partial charge in [0.25, 0.3) is 0 Å². The Labute approximate surface area is 366 Å². The van der Waals surface area contributed by atoms with Crippen LogP contribution in [0.25, 0.3) is 0 Å². The van der Waals surface area contributed by atoms with Gasteiger partial charge in [0, 0.05) is 6.42 Å². The van der Waals surface area contributed by atoms with Gasteiger partial charge in [-0.25, -0.2) is 0 Å². The zero-order valence-corrected chi connectivity index (χ0v) is 39.1. The summed E-state index contributed by atoms with van der Waals surface area (Å²) in [5.74, 6) is -0.511. The second-order valence-electron chi connectivity index (χ2n) is 17.2. The van der Waals surface area contributed by atoms with E-state index in [1.165, 1.54) is 103 Å². The molecule has 0 rings (SSSR count). The Kier molecular flexibility index (Phi) is 45.1. The summed E-state index contributed by atoms with van der Waals surface area (Å²) in [6, 6.07) is -0.709. The highest BCUT2D eigenvalue weighted by Gasteiger charge is 2.24. The fraction of sp³-hybridized carbons (Fsp3) is 0.811. The van der Waals surface area contributed by atoms with Crippen molar-refractivity contribution < 1.29 is 24.5 Å². The minimum Gasteiger partial charge on any atom is -0.462 e. The van der Waals surface area contributed by atoms with Gasteiger partial charge in [0.05, 0.1) is 25.2 Å². The maximum Gasteiger partial charge on any atom is 0.306 e. The van der Waals surface area contributed by atoms with Crippen LogP contribution in [-0.4, -0.2) is 46.9 Å². The molecule has 0 aromatic heterocycles. The molecule has 0 saturated heterocycles. The van der Waals surface area contributed by atoms with Gasteiger partial charge in [-0.1, -0.05) is 204 Å². The Morgan fingerprint density at radius 3 is 1.42 bits per heavy atom. The van der Waals surface area contributed by atoms with Crippen LogP contribution in [0.3, 0.4) is 0 Å². The van der Waals surface area contributed by atoms with Crippen molar-refractivity contribution in [3.05, 3.63) is 48.6 Å². The molecule has 0 aromatic rings. The van der Waals surface area contributed by atoms with Crippen molar-refractivity contribution in [1.82, 2.24) is 5.32 Å². The summed E-state index contributed by atoms with van der Waals surface area (Å²) in [6.45, 7) is 6.35. The molecule has 0 heterocycles. The number of ether oxygens (including phenoxy) is 1. The van der Waals surface area contributed by atoms with E-state index in [1.54, 1.807) is 0 Å². The third-order valence-corrected chi connectivity index (χ3v) is 11.4. The summed E-state index contributed by atoms with van der Waals surface area (Å²) in [6.07, 6.45) is 56.0. The van der Waals surface area contributed by atoms with Crippen molar-refractivity contribution in [2.75, 3.05) is 6.61 Å². The molecule has 3 atom stereocenters. The number of hydrogen-bond donors (Lipinski definition) is 3. The normalized spacial score (nSPS) is 13.6. The van der Waals surface area contributed by atoms with Crippen molar-refractivity contribution in [2.24, 2.45) is 0 Å². The molecule has 344 valence electrons. The maximum atomic E-state index is 13.2. The standard InChI is InChI=1S/C53H97NO5/c1-4-7-10-13-16-19-22-24-26-27-28-30-32-35-38-41-44-49(59-53(58)46-43-40-37-34-31-29-25-23-20-17-14-11-8-5-2)47-52(57)54-50(48-55)51(56)45-42-39-36-33-21-18-15-12-9-6-3/h8,11,17,20,25,28-30,49-51,55-56H,4-7,9-10,12-16,18-19,21-24,26-27,31-48H2,1-3H3,(H,54,57)/b11-8+,20-17+,29-25+,30-28+. The number of rotatable bonds is 45. The van der Waals surface area contributed by atoms with Crippen molar-refractivity contribution in [3.8, 4) is 0 Å². The molecule has 0 aliphatic heterocycles. The molecule has 0 aliphatic carbocycles. The van der Waals surface area contributed by atoms with Crippen LogP contribution in [-0.2, 0) is 14.3 Å². The maximum absolute atomic E-state index is 13.2. The SMILES string of the molecule is CC/C=C/C/C=C/C/C=C/CCCCCCC(=O)OC(CCCCC/C=C/CCCCCCCCCCC)CC(=O)NC(CO)C(O)CCCCCCCCCCCC. The molecular weight excluding hydrogens is 731 g/mol. The first-order valence-electron chi connectivity index (χ1n) is 25.4. The molecule has 0 saturated carbocycles. The fourth-order valence-electron chi connectivity index (χ4n) is 7.56. The van der Waals surface area contributed by atoms with Gasteiger partial charge in [-0.3, -0.25) is 9.59 Å². The molecule has 59 heavy (non-hydrogen) atoms. The Morgan fingerprint density at radius 1 is 0.508 bits per heavy atom. The van der Waals surface area contributed by atoms with Gasteiger partial charge in [-0.15, -0.1) is 0 Å². The summed E-state index contributed by atoms with van der Waals surface area (Å²) < 4.78 is 5.91. The molecule has 6 heteroatoms. The molecule has 0 aromatic carbocycles. The zero-order chi connectivity index (χ0) is 43.1. The number of hydrogen-bond acceptors (Lipinski definition) is 5. The van der Waals surface area contributed by atoms with E-state index in [0.717, 1.165) is 103 Å². The molecule has 0 spiro atoms. The molecule has 1 amide bonds. The van der Waals surface area contributed by atoms with Gasteiger partial charge in [0.15, 0.2) is 0 Å². The minimum absolute atomic E-state index is 0.0584. The first-order chi connectivity index (χ1) is 29.0. The van der Waals surface area contributed by atoms with Crippen LogP contribution in [0.1, 0.15) is 252 Å². The van der Waals surface area contributed by atoms with Gasteiger partial charge in [-0.2, -0.15) is 0 Å². The number of carbonyl (C=O) groups excluding carboxylic acids is 2. The third kappa shape index (κ3) is 42.3. The van der Waals surface area contributed by atoms with Crippen molar-refractivity contribution in [2.45, 2.75) is 270 Å². The van der Waals surface area contributed by atoms with E-state index in [9.17, 15) is 19.8 Å². The summed E-state index contributed by atoms with van der Waals surface area (Å²) in [4.78, 5) is 26.1. The number of aliphatic hydroxyl groups is 2. The van der Waals surface area contributed by atoms with Crippen molar-refractivity contribution in [1.29, 1.82) is 0 Å². The highest BCUT2D eigenvalue weighted by atomic mass is 16.5. The number of amides is 1. The quantitative estimate of drug-likeness (QED) is 0.0323. The fourth-order valence-corrected chi connectivity index (χ4v) is 7.56. The first-order valence-corrected chi connectivity index (χ1v) is 25.4. The second kappa shape index (κ2) is 46.9. The largest absolute Gasteiger partial charge is 0.462 e. The molecular formula is C53H97NO5. The number of aliphatic hydroxyl groups excluding tert-OH is 2. The smallest absolute Gasteiger partial charge is 0.306 e. The van der Waals surface area contributed by atoms with Crippen LogP contribution < -0.4 is 5.32 Å². The highest BCUT2D eigenvalue weighted by Crippen LogP contribution is 2.17. The van der Waals surface area contributed by atoms with E-state index in [-0.39, 0.29) is 24.9 Å². The van der Waals surface area contributed by atoms with Gasteiger partial charge >= 0.3 is 5.97 Å². The lowest BCUT2D eigenvalue weighted by molar-refractivity contribution is -0.151. The Balaban J connectivity index is 4.64. The van der Waals surface area contributed by atoms with Gasteiger partial charge in [0.2, 0.25) is 5.91 Å². The Hall–Kier alpha value is -2.18. The van der Waals surface area contributed by atoms with Crippen molar-refractivity contribution >= 4 is 11.9 Å². The van der Waals surface area contributed by atoms with Crippen LogP contribution in [0.5, 0.6) is 0 Å². The summed E-state index contributed by atoms with van der Waals surface area (Å²) in [5.41, 5.74) is 0. The van der Waals surface area contributed by atoms with E-state index < -0.39 is 18.2 Å². The number of carbonyl (C=O) groups is 2. The summed E-state index contributed by atoms with van der Waals surface area (Å²) in [5, 5.41) is 23.7. The van der Waals surface area contributed by atoms with E-state index >= 15 is 0 Å². The van der Waals surface area contributed by atoms with Crippen LogP contribution in [0, 0.1) is 0 Å². The molecule has 3 unspecified atom stereocenters. The average molecular weight is 828 g/mol. The zero-order valence-electron chi connectivity index (χ0n) is 39.1. The van der Waals surface area contributed by atoms with E-state index in [0.29, 0.717) is 19.3 Å². The van der Waals surface area contributed by atoms with Gasteiger partial charge in [0.1, 0.15) is 6.10 Å². The van der Waals surface area contributed by atoms with E-state index in [2.05, 4.69) is 74.7 Å². The molecule has 0 bridgehead atoms. The van der Waals surface area contributed by atoms with E-state index in [1.807, 2.05) is 0 Å². The Morgan fingerprint density at radius 2 is 0.915 bits per heavy atom. The van der Waals surface area contributed by atoms with Crippen LogP contribution in [0.15, 0.2) is 48.6 Å².